The largest absolute Gasteiger partial charge is 0.396 e. The van der Waals surface area contributed by atoms with Gasteiger partial charge in [0.05, 0.1) is 0 Å². The molecule has 0 amide bonds. The summed E-state index contributed by atoms with van der Waals surface area (Å²) in [6.45, 7) is 4.45. The van der Waals surface area contributed by atoms with Gasteiger partial charge in [0.2, 0.25) is 0 Å². The smallest absolute Gasteiger partial charge is 0.0476 e. The molecule has 1 aliphatic heterocycles. The summed E-state index contributed by atoms with van der Waals surface area (Å²) in [5.74, 6) is 0.418. The van der Waals surface area contributed by atoms with Gasteiger partial charge in [0.1, 0.15) is 0 Å². The Morgan fingerprint density at radius 3 is 2.94 bits per heavy atom. The molecule has 2 unspecified atom stereocenters. The number of aliphatic hydroxyl groups is 1. The second-order valence-corrected chi connectivity index (χ2v) is 5.91. The summed E-state index contributed by atoms with van der Waals surface area (Å²) >= 11 is 3.55. The summed E-state index contributed by atoms with van der Waals surface area (Å²) in [6.07, 6.45) is 1.08. The van der Waals surface area contributed by atoms with Crippen molar-refractivity contribution in [2.24, 2.45) is 5.92 Å². The van der Waals surface area contributed by atoms with Crippen LogP contribution >= 0.6 is 15.9 Å². The van der Waals surface area contributed by atoms with Crippen LogP contribution in [0.15, 0.2) is 22.7 Å². The third-order valence-electron chi connectivity index (χ3n) is 3.78. The fourth-order valence-electron chi connectivity index (χ4n) is 2.51. The quantitative estimate of drug-likeness (QED) is 0.897. The molecule has 2 atom stereocenters. The molecule has 0 radical (unpaired) electrons. The second-order valence-electron chi connectivity index (χ2n) is 5.00. The van der Waals surface area contributed by atoms with Crippen LogP contribution in [0.1, 0.15) is 24.9 Å². The van der Waals surface area contributed by atoms with Gasteiger partial charge in [0.15, 0.2) is 0 Å². The molecule has 1 saturated heterocycles. The van der Waals surface area contributed by atoms with Gasteiger partial charge < -0.3 is 15.3 Å². The minimum absolute atomic E-state index is 0.293. The third-order valence-corrected chi connectivity index (χ3v) is 4.27. The summed E-state index contributed by atoms with van der Waals surface area (Å²) in [5, 5.41) is 12.6. The highest BCUT2D eigenvalue weighted by Crippen LogP contribution is 2.32. The number of nitrogens with one attached hydrogen (secondary N) is 1. The lowest BCUT2D eigenvalue weighted by Crippen LogP contribution is -2.24. The van der Waals surface area contributed by atoms with Crippen molar-refractivity contribution in [2.45, 2.75) is 19.4 Å². The lowest BCUT2D eigenvalue weighted by atomic mass is 10.1. The van der Waals surface area contributed by atoms with Crippen LogP contribution < -0.4 is 10.2 Å². The molecule has 0 aromatic heterocycles. The van der Waals surface area contributed by atoms with Gasteiger partial charge in [-0.3, -0.25) is 0 Å². The van der Waals surface area contributed by atoms with Gasteiger partial charge in [-0.05, 0) is 38.1 Å². The first-order valence-electron chi connectivity index (χ1n) is 6.48. The van der Waals surface area contributed by atoms with Crippen molar-refractivity contribution < 1.29 is 5.11 Å². The number of aliphatic hydroxyl groups excluding tert-OH is 1. The maximum absolute atomic E-state index is 9.26. The average molecular weight is 313 g/mol. The van der Waals surface area contributed by atoms with E-state index in [2.05, 4.69) is 51.3 Å². The van der Waals surface area contributed by atoms with Crippen molar-refractivity contribution in [3.8, 4) is 0 Å². The number of nitrogens with zero attached hydrogens (tertiary/aromatic N) is 1. The van der Waals surface area contributed by atoms with Crippen LogP contribution in [0, 0.1) is 5.92 Å². The number of halogens is 1. The van der Waals surface area contributed by atoms with Gasteiger partial charge in [-0.25, -0.2) is 0 Å². The van der Waals surface area contributed by atoms with E-state index in [4.69, 9.17) is 0 Å². The normalized spacial score (nSPS) is 21.3. The number of anilines is 1. The van der Waals surface area contributed by atoms with E-state index in [-0.39, 0.29) is 0 Å². The second kappa shape index (κ2) is 6.04. The SMILES string of the molecule is CNC(C)c1ccc(Br)cc1N1CCC(CO)C1. The van der Waals surface area contributed by atoms with E-state index in [0.29, 0.717) is 18.6 Å². The summed E-state index contributed by atoms with van der Waals surface area (Å²) in [6, 6.07) is 6.78. The predicted molar refractivity (Wildman–Crippen MR) is 79.0 cm³/mol. The Morgan fingerprint density at radius 2 is 2.33 bits per heavy atom. The maximum Gasteiger partial charge on any atom is 0.0476 e. The first kappa shape index (κ1) is 13.8. The minimum atomic E-state index is 0.293. The summed E-state index contributed by atoms with van der Waals surface area (Å²) in [7, 11) is 1.98. The molecule has 4 heteroatoms. The molecule has 1 aromatic rings. The molecule has 3 nitrogen and oxygen atoms in total. The number of benzene rings is 1. The van der Waals surface area contributed by atoms with E-state index >= 15 is 0 Å². The summed E-state index contributed by atoms with van der Waals surface area (Å²) < 4.78 is 1.11. The molecule has 2 rings (SSSR count). The Kier molecular flexibility index (Phi) is 4.65. The monoisotopic (exact) mass is 312 g/mol. The van der Waals surface area contributed by atoms with Crippen LogP contribution in [0.5, 0.6) is 0 Å². The predicted octanol–water partition coefficient (Wildman–Crippen LogP) is 2.55. The molecule has 1 fully saturated rings. The molecule has 1 aliphatic rings. The van der Waals surface area contributed by atoms with Gasteiger partial charge in [-0.15, -0.1) is 0 Å². The van der Waals surface area contributed by atoms with E-state index in [1.165, 1.54) is 11.3 Å². The molecule has 0 bridgehead atoms. The molecule has 0 saturated carbocycles. The van der Waals surface area contributed by atoms with Gasteiger partial charge in [-0.1, -0.05) is 22.0 Å². The van der Waals surface area contributed by atoms with Crippen LogP contribution in [-0.2, 0) is 0 Å². The van der Waals surface area contributed by atoms with Crippen molar-refractivity contribution in [1.29, 1.82) is 0 Å². The Bertz CT molecular complexity index is 411. The zero-order valence-electron chi connectivity index (χ0n) is 11.0. The fourth-order valence-corrected chi connectivity index (χ4v) is 2.86. The Balaban J connectivity index is 2.28. The molecule has 0 aliphatic carbocycles. The highest BCUT2D eigenvalue weighted by molar-refractivity contribution is 9.10. The van der Waals surface area contributed by atoms with Gasteiger partial charge in [0, 0.05) is 41.8 Å². The van der Waals surface area contributed by atoms with E-state index in [1.807, 2.05) is 7.05 Å². The highest BCUT2D eigenvalue weighted by Gasteiger charge is 2.24. The third kappa shape index (κ3) is 2.87. The lowest BCUT2D eigenvalue weighted by molar-refractivity contribution is 0.238. The Morgan fingerprint density at radius 1 is 1.56 bits per heavy atom. The van der Waals surface area contributed by atoms with Crippen LogP contribution in [0.4, 0.5) is 5.69 Å². The van der Waals surface area contributed by atoms with Gasteiger partial charge in [0.25, 0.3) is 0 Å². The highest BCUT2D eigenvalue weighted by atomic mass is 79.9. The van der Waals surface area contributed by atoms with Crippen LogP contribution in [0.3, 0.4) is 0 Å². The van der Waals surface area contributed by atoms with Crippen LogP contribution in [0.2, 0.25) is 0 Å². The van der Waals surface area contributed by atoms with Crippen molar-refractivity contribution >= 4 is 21.6 Å². The molecule has 0 spiro atoms. The molecular weight excluding hydrogens is 292 g/mol. The molecular formula is C14H21BrN2O. The molecule has 2 N–H and O–H groups in total. The summed E-state index contributed by atoms with van der Waals surface area (Å²) in [5.41, 5.74) is 2.60. The molecule has 1 aromatic carbocycles. The number of hydrogen-bond acceptors (Lipinski definition) is 3. The Labute approximate surface area is 117 Å². The van der Waals surface area contributed by atoms with Crippen molar-refractivity contribution in [3.05, 3.63) is 28.2 Å². The summed E-state index contributed by atoms with van der Waals surface area (Å²) in [4.78, 5) is 2.38. The van der Waals surface area contributed by atoms with Gasteiger partial charge in [-0.2, -0.15) is 0 Å². The topological polar surface area (TPSA) is 35.5 Å². The van der Waals surface area contributed by atoms with E-state index in [0.717, 1.165) is 24.0 Å². The van der Waals surface area contributed by atoms with Crippen LogP contribution in [-0.4, -0.2) is 31.9 Å². The van der Waals surface area contributed by atoms with Gasteiger partial charge >= 0.3 is 0 Å². The minimum Gasteiger partial charge on any atom is -0.396 e. The number of rotatable bonds is 4. The zero-order valence-corrected chi connectivity index (χ0v) is 12.6. The fraction of sp³-hybridized carbons (Fsp3) is 0.571. The zero-order chi connectivity index (χ0) is 13.1. The standard InChI is InChI=1S/C14H21BrN2O/c1-10(16-2)13-4-3-12(15)7-14(13)17-6-5-11(8-17)9-18/h3-4,7,10-11,16,18H,5-6,8-9H2,1-2H3. The van der Waals surface area contributed by atoms with Crippen molar-refractivity contribution in [3.63, 3.8) is 0 Å². The number of hydrogen-bond donors (Lipinski definition) is 2. The van der Waals surface area contributed by atoms with E-state index in [9.17, 15) is 5.11 Å². The van der Waals surface area contributed by atoms with E-state index < -0.39 is 0 Å². The molecule has 100 valence electrons. The molecule has 18 heavy (non-hydrogen) atoms. The van der Waals surface area contributed by atoms with Crippen molar-refractivity contribution in [2.75, 3.05) is 31.6 Å². The molecule has 1 heterocycles. The first-order chi connectivity index (χ1) is 8.65. The van der Waals surface area contributed by atoms with Crippen LogP contribution in [0.25, 0.3) is 0 Å². The average Bonchev–Trinajstić information content (AvgIpc) is 2.86. The first-order valence-corrected chi connectivity index (χ1v) is 7.27. The van der Waals surface area contributed by atoms with E-state index in [1.54, 1.807) is 0 Å². The Hall–Kier alpha value is -0.580. The van der Waals surface area contributed by atoms with Crippen molar-refractivity contribution in [1.82, 2.24) is 5.32 Å². The lowest BCUT2D eigenvalue weighted by Gasteiger charge is -2.25. The maximum atomic E-state index is 9.26.